The van der Waals surface area contributed by atoms with Crippen LogP contribution in [0, 0.1) is 16.7 Å². The molecule has 0 N–H and O–H groups in total. The van der Waals surface area contributed by atoms with Crippen LogP contribution in [-0.4, -0.2) is 12.1 Å². The van der Waals surface area contributed by atoms with Gasteiger partial charge in [0.15, 0.2) is 0 Å². The van der Waals surface area contributed by atoms with E-state index < -0.39 is 0 Å². The van der Waals surface area contributed by atoms with E-state index in [1.54, 1.807) is 0 Å². The number of carbonyl (C=O) groups is 1. The minimum Gasteiger partial charge on any atom is -0.457 e. The minimum atomic E-state index is -0.00564. The van der Waals surface area contributed by atoms with Crippen LogP contribution in [0.2, 0.25) is 0 Å². The van der Waals surface area contributed by atoms with Gasteiger partial charge in [0.05, 0.1) is 5.92 Å². The second kappa shape index (κ2) is 3.25. The fourth-order valence-electron chi connectivity index (χ4n) is 5.15. The van der Waals surface area contributed by atoms with Gasteiger partial charge >= 0.3 is 5.97 Å². The number of hydrogen-bond acceptors (Lipinski definition) is 2. The van der Waals surface area contributed by atoms with Gasteiger partial charge in [0.25, 0.3) is 0 Å². The maximum absolute atomic E-state index is 12.1. The van der Waals surface area contributed by atoms with Crippen LogP contribution in [0.25, 0.3) is 5.57 Å². The highest BCUT2D eigenvalue weighted by atomic mass is 16.6. The molecule has 2 fully saturated rings. The average Bonchev–Trinajstić information content (AvgIpc) is 3.01. The first-order valence-electron chi connectivity index (χ1n) is 7.40. The Morgan fingerprint density at radius 3 is 2.75 bits per heavy atom. The Hall–Kier alpha value is -1.83. The molecule has 1 unspecified atom stereocenters. The van der Waals surface area contributed by atoms with Crippen LogP contribution in [0.4, 0.5) is 0 Å². The Bertz CT molecular complexity index is 672. The summed E-state index contributed by atoms with van der Waals surface area (Å²) >= 11 is 0. The molecular weight excluding hydrogens is 248 g/mol. The van der Waals surface area contributed by atoms with Crippen LogP contribution in [0.5, 0.6) is 0 Å². The lowest BCUT2D eigenvalue weighted by Gasteiger charge is -2.36. The van der Waals surface area contributed by atoms with Crippen molar-refractivity contribution in [2.24, 2.45) is 16.7 Å². The average molecular weight is 264 g/mol. The Kier molecular flexibility index (Phi) is 1.77. The number of rotatable bonds is 1. The lowest BCUT2D eigenvalue weighted by atomic mass is 9.71. The van der Waals surface area contributed by atoms with Crippen LogP contribution in [0.15, 0.2) is 48.6 Å². The van der Waals surface area contributed by atoms with Crippen molar-refractivity contribution in [3.8, 4) is 0 Å². The van der Waals surface area contributed by atoms with Crippen molar-refractivity contribution < 1.29 is 9.53 Å². The zero-order valence-corrected chi connectivity index (χ0v) is 11.2. The smallest absolute Gasteiger partial charge is 0.310 e. The highest BCUT2D eigenvalue weighted by molar-refractivity contribution is 5.87. The largest absolute Gasteiger partial charge is 0.457 e. The molecule has 0 aromatic heterocycles. The molecule has 0 bridgehead atoms. The third-order valence-corrected chi connectivity index (χ3v) is 6.01. The van der Waals surface area contributed by atoms with Crippen molar-refractivity contribution in [1.82, 2.24) is 0 Å². The third-order valence-electron chi connectivity index (χ3n) is 6.01. The highest BCUT2D eigenvalue weighted by Gasteiger charge is 2.86. The van der Waals surface area contributed by atoms with Crippen molar-refractivity contribution in [2.75, 3.05) is 0 Å². The summed E-state index contributed by atoms with van der Waals surface area (Å²) in [5.74, 6) is 0.175. The molecule has 3 aliphatic carbocycles. The molecule has 5 rings (SSSR count). The SMILES string of the molecule is O=C1O[C@@H]2C=C(c3ccccc3)C[C@@]34CC=CC[C@@]23C14. The maximum atomic E-state index is 12.1. The van der Waals surface area contributed by atoms with Crippen molar-refractivity contribution in [3.63, 3.8) is 0 Å². The Balaban J connectivity index is 1.64. The van der Waals surface area contributed by atoms with E-state index in [-0.39, 0.29) is 28.8 Å². The van der Waals surface area contributed by atoms with Gasteiger partial charge in [-0.15, -0.1) is 0 Å². The van der Waals surface area contributed by atoms with Gasteiger partial charge in [0.1, 0.15) is 6.10 Å². The summed E-state index contributed by atoms with van der Waals surface area (Å²) in [4.78, 5) is 12.1. The van der Waals surface area contributed by atoms with Crippen LogP contribution in [-0.2, 0) is 9.53 Å². The molecule has 0 radical (unpaired) electrons. The second-order valence-corrected chi connectivity index (χ2v) is 6.60. The molecule has 1 aliphatic heterocycles. The first kappa shape index (κ1) is 10.9. The summed E-state index contributed by atoms with van der Waals surface area (Å²) in [7, 11) is 0. The monoisotopic (exact) mass is 264 g/mol. The van der Waals surface area contributed by atoms with Crippen LogP contribution in [0.1, 0.15) is 24.8 Å². The van der Waals surface area contributed by atoms with Gasteiger partial charge in [-0.3, -0.25) is 4.79 Å². The molecule has 0 amide bonds. The lowest BCUT2D eigenvalue weighted by Crippen LogP contribution is -2.34. The number of carbonyl (C=O) groups excluding carboxylic acids is 1. The molecule has 2 nitrogen and oxygen atoms in total. The fourth-order valence-corrected chi connectivity index (χ4v) is 5.15. The topological polar surface area (TPSA) is 26.3 Å². The van der Waals surface area contributed by atoms with Crippen molar-refractivity contribution in [2.45, 2.75) is 25.4 Å². The van der Waals surface area contributed by atoms with Crippen LogP contribution >= 0.6 is 0 Å². The van der Waals surface area contributed by atoms with E-state index in [0.717, 1.165) is 19.3 Å². The summed E-state index contributed by atoms with van der Waals surface area (Å²) in [5, 5.41) is 0. The summed E-state index contributed by atoms with van der Waals surface area (Å²) < 4.78 is 5.65. The molecule has 1 aromatic rings. The van der Waals surface area contributed by atoms with Crippen LogP contribution < -0.4 is 0 Å². The van der Waals surface area contributed by atoms with Gasteiger partial charge < -0.3 is 4.74 Å². The molecule has 4 aliphatic rings. The Labute approximate surface area is 118 Å². The van der Waals surface area contributed by atoms with E-state index in [1.165, 1.54) is 11.1 Å². The molecule has 1 spiro atoms. The zero-order valence-electron chi connectivity index (χ0n) is 11.2. The van der Waals surface area contributed by atoms with Gasteiger partial charge in [-0.05, 0) is 36.5 Å². The zero-order chi connectivity index (χ0) is 13.4. The van der Waals surface area contributed by atoms with Crippen molar-refractivity contribution >= 4 is 11.5 Å². The highest BCUT2D eigenvalue weighted by Crippen LogP contribution is 2.83. The predicted octanol–water partition coefficient (Wildman–Crippen LogP) is 3.35. The standard InChI is InChI=1S/C18H16O2/c19-16-15-17-8-4-5-9-18(15,17)14(20-16)10-13(11-17)12-6-2-1-3-7-12/h1-7,10,14-15H,8-9,11H2/t14-,15?,17-,18+/m1/s1. The number of esters is 1. The molecule has 1 aromatic carbocycles. The van der Waals surface area contributed by atoms with Gasteiger partial charge in [0, 0.05) is 10.8 Å². The molecule has 100 valence electrons. The number of allylic oxidation sites excluding steroid dienone is 3. The lowest BCUT2D eigenvalue weighted by molar-refractivity contribution is -0.147. The molecule has 2 heteroatoms. The molecule has 1 saturated carbocycles. The van der Waals surface area contributed by atoms with E-state index in [9.17, 15) is 4.79 Å². The normalized spacial score (nSPS) is 43.4. The molecule has 20 heavy (non-hydrogen) atoms. The number of hydrogen-bond donors (Lipinski definition) is 0. The quantitative estimate of drug-likeness (QED) is 0.574. The van der Waals surface area contributed by atoms with E-state index in [2.05, 4.69) is 42.5 Å². The summed E-state index contributed by atoms with van der Waals surface area (Å²) in [6.07, 6.45) is 9.79. The van der Waals surface area contributed by atoms with Gasteiger partial charge in [-0.1, -0.05) is 42.5 Å². The van der Waals surface area contributed by atoms with E-state index in [0.29, 0.717) is 0 Å². The summed E-state index contributed by atoms with van der Waals surface area (Å²) in [6, 6.07) is 10.5. The Morgan fingerprint density at radius 2 is 1.90 bits per heavy atom. The molecule has 1 heterocycles. The summed E-state index contributed by atoms with van der Waals surface area (Å²) in [6.45, 7) is 0. The van der Waals surface area contributed by atoms with Crippen molar-refractivity contribution in [1.29, 1.82) is 0 Å². The predicted molar refractivity (Wildman–Crippen MR) is 75.6 cm³/mol. The second-order valence-electron chi connectivity index (χ2n) is 6.60. The maximum Gasteiger partial charge on any atom is 0.310 e. The van der Waals surface area contributed by atoms with Gasteiger partial charge in [-0.25, -0.2) is 0 Å². The van der Waals surface area contributed by atoms with E-state index in [1.807, 2.05) is 6.07 Å². The van der Waals surface area contributed by atoms with Gasteiger partial charge in [0.2, 0.25) is 0 Å². The minimum absolute atomic E-state index is 0.00564. The molecule has 1 saturated heterocycles. The third kappa shape index (κ3) is 0.994. The fraction of sp³-hybridized carbons (Fsp3) is 0.389. The molecule has 4 atom stereocenters. The summed E-state index contributed by atoms with van der Waals surface area (Å²) in [5.41, 5.74) is 2.88. The van der Waals surface area contributed by atoms with E-state index in [4.69, 9.17) is 4.74 Å². The van der Waals surface area contributed by atoms with E-state index >= 15 is 0 Å². The Morgan fingerprint density at radius 1 is 1.10 bits per heavy atom. The van der Waals surface area contributed by atoms with Gasteiger partial charge in [-0.2, -0.15) is 0 Å². The van der Waals surface area contributed by atoms with Crippen LogP contribution in [0.3, 0.4) is 0 Å². The van der Waals surface area contributed by atoms with Crippen molar-refractivity contribution in [3.05, 3.63) is 54.1 Å². The number of benzene rings is 1. The number of ether oxygens (including phenoxy) is 1. The first-order chi connectivity index (χ1) is 9.78. The molecular formula is C18H16O2. The first-order valence-corrected chi connectivity index (χ1v) is 7.40.